The second-order valence-electron chi connectivity index (χ2n) is 13.9. The first-order chi connectivity index (χ1) is 28.6. The van der Waals surface area contributed by atoms with Crippen LogP contribution in [0.5, 0.6) is 0 Å². The standard InChI is InChI=1S/C40H32ClF4N9O4S2/c1-23-50-32-20-49-36(52(2)26-10-15-53(16-11-26)22-40(44,45)39(42)43)30(18-46)33(32)38(56)54(23)14-4-5-24-7-8-25(41)17-29(24)28-9-13-48-34-31(21-59-35(28)34)37(55)51-60(57,58)27-6-3-12-47-19-27/h3,6-9,12-13,17,19-21,26,39H,10-11,14-16,22H2,1-2H3,(H,51,55). The highest BCUT2D eigenvalue weighted by molar-refractivity contribution is 7.90. The van der Waals surface area contributed by atoms with E-state index in [1.54, 1.807) is 43.1 Å². The Morgan fingerprint density at radius 1 is 1.13 bits per heavy atom. The number of piperidine rings is 1. The number of thiophene rings is 1. The van der Waals surface area contributed by atoms with Gasteiger partial charge in [0.25, 0.3) is 21.5 Å². The molecule has 13 nitrogen and oxygen atoms in total. The van der Waals surface area contributed by atoms with Gasteiger partial charge in [-0.1, -0.05) is 23.4 Å². The number of anilines is 1. The molecular weight excluding hydrogens is 846 g/mol. The molecule has 1 fully saturated rings. The third-order valence-corrected chi connectivity index (χ3v) is 12.6. The number of hydrogen-bond donors (Lipinski definition) is 1. The predicted molar refractivity (Wildman–Crippen MR) is 218 cm³/mol. The molecule has 1 aromatic carbocycles. The van der Waals surface area contributed by atoms with Gasteiger partial charge >= 0.3 is 12.3 Å². The molecule has 20 heteroatoms. The number of pyridine rings is 3. The SMILES string of the molecule is Cc1nc2cnc(N(C)C3CCN(CC(F)(F)C(F)F)CC3)c(C#N)c2c(=O)n1CC#Cc1ccc(Cl)cc1-c1ccnc2c(C(=O)NS(=O)(=O)c3cccnc3)csc12. The van der Waals surface area contributed by atoms with Crippen LogP contribution in [0.25, 0.3) is 32.2 Å². The van der Waals surface area contributed by atoms with Crippen molar-refractivity contribution < 1.29 is 30.8 Å². The van der Waals surface area contributed by atoms with E-state index in [0.29, 0.717) is 45.1 Å². The lowest BCUT2D eigenvalue weighted by atomic mass is 10.00. The van der Waals surface area contributed by atoms with Crippen molar-refractivity contribution in [2.75, 3.05) is 31.6 Å². The Bertz CT molecular complexity index is 2920. The van der Waals surface area contributed by atoms with Crippen LogP contribution in [-0.4, -0.2) is 88.8 Å². The number of halogens is 5. The minimum atomic E-state index is -4.21. The summed E-state index contributed by atoms with van der Waals surface area (Å²) >= 11 is 7.62. The first-order valence-corrected chi connectivity index (χ1v) is 20.9. The van der Waals surface area contributed by atoms with E-state index in [2.05, 4.69) is 42.6 Å². The van der Waals surface area contributed by atoms with E-state index in [-0.39, 0.29) is 63.9 Å². The van der Waals surface area contributed by atoms with Crippen molar-refractivity contribution in [1.82, 2.24) is 34.1 Å². The number of fused-ring (bicyclic) bond motifs is 2. The summed E-state index contributed by atoms with van der Waals surface area (Å²) in [7, 11) is -2.54. The summed E-state index contributed by atoms with van der Waals surface area (Å²) in [5.41, 5.74) is 1.64. The Hall–Kier alpha value is -5.99. The zero-order chi connectivity index (χ0) is 42.9. The summed E-state index contributed by atoms with van der Waals surface area (Å²) in [6, 6.07) is 11.3. The van der Waals surface area contributed by atoms with Crippen LogP contribution in [0.4, 0.5) is 23.4 Å². The fourth-order valence-corrected chi connectivity index (χ4v) is 9.12. The largest absolute Gasteiger partial charge is 0.355 e. The fourth-order valence-electron chi connectivity index (χ4n) is 6.98. The second-order valence-corrected chi connectivity index (χ2v) is 16.9. The van der Waals surface area contributed by atoms with Gasteiger partial charge in [-0.15, -0.1) is 11.3 Å². The molecule has 1 aliphatic heterocycles. The molecular formula is C40H32ClF4N9O4S2. The summed E-state index contributed by atoms with van der Waals surface area (Å²) in [4.78, 5) is 47.3. The van der Waals surface area contributed by atoms with Crippen LogP contribution < -0.4 is 15.2 Å². The number of carbonyl (C=O) groups is 1. The number of amides is 1. The average molecular weight is 878 g/mol. The van der Waals surface area contributed by atoms with Crippen LogP contribution in [0.3, 0.4) is 0 Å². The van der Waals surface area contributed by atoms with Crippen molar-refractivity contribution in [2.45, 2.75) is 49.6 Å². The van der Waals surface area contributed by atoms with Gasteiger partial charge in [-0.3, -0.25) is 29.0 Å². The summed E-state index contributed by atoms with van der Waals surface area (Å²) in [6.07, 6.45) is 2.31. The van der Waals surface area contributed by atoms with Crippen LogP contribution in [-0.2, 0) is 16.6 Å². The smallest absolute Gasteiger partial charge is 0.319 e. The van der Waals surface area contributed by atoms with E-state index in [0.717, 1.165) is 6.20 Å². The summed E-state index contributed by atoms with van der Waals surface area (Å²) in [5, 5.41) is 12.2. The van der Waals surface area contributed by atoms with Crippen molar-refractivity contribution in [2.24, 2.45) is 0 Å². The van der Waals surface area contributed by atoms with Gasteiger partial charge in [-0.05, 0) is 56.2 Å². The second kappa shape index (κ2) is 16.9. The highest BCUT2D eigenvalue weighted by atomic mass is 35.5. The summed E-state index contributed by atoms with van der Waals surface area (Å²) in [6.45, 7) is 0.695. The van der Waals surface area contributed by atoms with Crippen molar-refractivity contribution >= 4 is 65.8 Å². The van der Waals surface area contributed by atoms with Crippen LogP contribution in [0.15, 0.2) is 76.3 Å². The van der Waals surface area contributed by atoms with Crippen LogP contribution in [0.2, 0.25) is 5.02 Å². The molecule has 1 saturated heterocycles. The van der Waals surface area contributed by atoms with Gasteiger partial charge in [0, 0.05) is 71.9 Å². The highest BCUT2D eigenvalue weighted by Crippen LogP contribution is 2.37. The quantitative estimate of drug-likeness (QED) is 0.122. The molecule has 0 atom stereocenters. The molecule has 0 bridgehead atoms. The number of hydrogen-bond acceptors (Lipinski definition) is 12. The molecule has 0 spiro atoms. The number of rotatable bonds is 10. The minimum absolute atomic E-state index is 0.0212. The molecule has 6 heterocycles. The van der Waals surface area contributed by atoms with Gasteiger partial charge in [-0.25, -0.2) is 31.9 Å². The van der Waals surface area contributed by atoms with E-state index < -0.39 is 40.4 Å². The number of nitrogens with zero attached hydrogens (tertiary/aromatic N) is 8. The summed E-state index contributed by atoms with van der Waals surface area (Å²) in [5.74, 6) is 1.63. The molecule has 5 aromatic heterocycles. The lowest BCUT2D eigenvalue weighted by molar-refractivity contribution is -0.143. The summed E-state index contributed by atoms with van der Waals surface area (Å²) < 4.78 is 82.6. The van der Waals surface area contributed by atoms with E-state index in [9.17, 15) is 40.8 Å². The molecule has 6 aromatic rings. The van der Waals surface area contributed by atoms with Gasteiger partial charge in [0.15, 0.2) is 0 Å². The van der Waals surface area contributed by atoms with Gasteiger partial charge in [0.2, 0.25) is 0 Å². The molecule has 0 radical (unpaired) electrons. The normalized spacial score (nSPS) is 13.9. The Morgan fingerprint density at radius 2 is 1.90 bits per heavy atom. The fraction of sp³-hybridized carbons (Fsp3) is 0.275. The zero-order valence-electron chi connectivity index (χ0n) is 31.7. The number of benzene rings is 1. The van der Waals surface area contributed by atoms with Crippen molar-refractivity contribution in [1.29, 1.82) is 5.26 Å². The monoisotopic (exact) mass is 877 g/mol. The molecule has 1 amide bonds. The number of nitrogens with one attached hydrogen (secondary N) is 1. The molecule has 7 rings (SSSR count). The van der Waals surface area contributed by atoms with Crippen molar-refractivity contribution in [3.63, 3.8) is 0 Å². The van der Waals surface area contributed by atoms with Gasteiger partial charge < -0.3 is 4.90 Å². The molecule has 0 unspecified atom stereocenters. The average Bonchev–Trinajstić information content (AvgIpc) is 3.67. The Kier molecular flexibility index (Phi) is 11.9. The molecule has 60 heavy (non-hydrogen) atoms. The predicted octanol–water partition coefficient (Wildman–Crippen LogP) is 6.27. The minimum Gasteiger partial charge on any atom is -0.355 e. The van der Waals surface area contributed by atoms with Crippen LogP contribution >= 0.6 is 22.9 Å². The number of likely N-dealkylation sites (tertiary alicyclic amines) is 1. The van der Waals surface area contributed by atoms with Crippen molar-refractivity contribution in [3.05, 3.63) is 104 Å². The zero-order valence-corrected chi connectivity index (χ0v) is 34.1. The highest BCUT2D eigenvalue weighted by Gasteiger charge is 2.43. The number of nitriles is 1. The molecule has 1 aliphatic rings. The lowest BCUT2D eigenvalue weighted by Crippen LogP contribution is -2.49. The van der Waals surface area contributed by atoms with E-state index in [1.165, 1.54) is 56.9 Å². The van der Waals surface area contributed by atoms with E-state index in [4.69, 9.17) is 11.6 Å². The molecule has 1 N–H and O–H groups in total. The Morgan fingerprint density at radius 3 is 2.60 bits per heavy atom. The topological polar surface area (TPSA) is 167 Å². The Balaban J connectivity index is 1.16. The maximum absolute atomic E-state index is 14.1. The van der Waals surface area contributed by atoms with Gasteiger partial charge in [0.1, 0.15) is 28.2 Å². The lowest BCUT2D eigenvalue weighted by Gasteiger charge is -2.38. The first-order valence-electron chi connectivity index (χ1n) is 18.1. The number of aromatic nitrogens is 5. The third-order valence-electron chi connectivity index (χ3n) is 10.1. The number of sulfonamides is 1. The number of aryl methyl sites for hydroxylation is 1. The third kappa shape index (κ3) is 8.39. The van der Waals surface area contributed by atoms with Crippen LogP contribution in [0, 0.1) is 30.1 Å². The molecule has 308 valence electrons. The maximum Gasteiger partial charge on any atom is 0.319 e. The van der Waals surface area contributed by atoms with Crippen molar-refractivity contribution in [3.8, 4) is 29.0 Å². The van der Waals surface area contributed by atoms with E-state index >= 15 is 0 Å². The first kappa shape index (κ1) is 42.1. The Labute approximate surface area is 349 Å². The number of alkyl halides is 4. The molecule has 0 saturated carbocycles. The van der Waals surface area contributed by atoms with E-state index in [1.807, 2.05) is 0 Å². The van der Waals surface area contributed by atoms with Gasteiger partial charge in [0.05, 0.1) is 46.0 Å². The van der Waals surface area contributed by atoms with Crippen LogP contribution in [0.1, 0.15) is 40.2 Å². The van der Waals surface area contributed by atoms with Gasteiger partial charge in [-0.2, -0.15) is 14.0 Å². The maximum atomic E-state index is 14.1. The molecule has 0 aliphatic carbocycles. The number of carbonyl (C=O) groups excluding carboxylic acids is 1.